The first-order chi connectivity index (χ1) is 26.8. The molecule has 11 aromatic rings. The lowest BCUT2D eigenvalue weighted by Gasteiger charge is -2.28. The Hall–Kier alpha value is -6.88. The minimum atomic E-state index is 0.882. The van der Waals surface area contributed by atoms with Crippen LogP contribution in [-0.2, 0) is 0 Å². The number of fused-ring (bicyclic) bond motifs is 8. The largest absolute Gasteiger partial charge is 0.456 e. The SMILES string of the molecule is c1ccc(N(c2ccccc2)c2cccc3sc4ccc(N(c5ccc6oc7cc8ccccc8cc7c6c5)c5cccc6ccccc56)cc4c23)cc1. The highest BCUT2D eigenvalue weighted by atomic mass is 32.1. The van der Waals surface area contributed by atoms with Gasteiger partial charge in [0.05, 0.1) is 11.4 Å². The summed E-state index contributed by atoms with van der Waals surface area (Å²) < 4.78 is 8.97. The van der Waals surface area contributed by atoms with E-state index in [4.69, 9.17) is 4.42 Å². The maximum Gasteiger partial charge on any atom is 0.136 e. The highest BCUT2D eigenvalue weighted by Gasteiger charge is 2.22. The molecule has 54 heavy (non-hydrogen) atoms. The van der Waals surface area contributed by atoms with Gasteiger partial charge < -0.3 is 14.2 Å². The van der Waals surface area contributed by atoms with Gasteiger partial charge in [-0.25, -0.2) is 0 Å². The minimum absolute atomic E-state index is 0.882. The van der Waals surface area contributed by atoms with Crippen LogP contribution in [0.25, 0.3) is 63.7 Å². The highest BCUT2D eigenvalue weighted by molar-refractivity contribution is 7.26. The number of hydrogen-bond donors (Lipinski definition) is 0. The zero-order valence-electron chi connectivity index (χ0n) is 29.2. The molecule has 9 aromatic carbocycles. The molecular weight excluding hydrogens is 677 g/mol. The fraction of sp³-hybridized carbons (Fsp3) is 0. The van der Waals surface area contributed by atoms with Crippen molar-refractivity contribution >= 4 is 109 Å². The molecule has 0 N–H and O–H groups in total. The van der Waals surface area contributed by atoms with E-state index in [1.54, 1.807) is 0 Å². The lowest BCUT2D eigenvalue weighted by molar-refractivity contribution is 0.669. The summed E-state index contributed by atoms with van der Waals surface area (Å²) in [4.78, 5) is 4.80. The number of anilines is 6. The van der Waals surface area contributed by atoms with Gasteiger partial charge in [-0.05, 0) is 107 Å². The number of nitrogens with zero attached hydrogens (tertiary/aromatic N) is 2. The number of hydrogen-bond acceptors (Lipinski definition) is 4. The van der Waals surface area contributed by atoms with Gasteiger partial charge in [0.1, 0.15) is 11.2 Å². The van der Waals surface area contributed by atoms with Crippen LogP contribution in [0.5, 0.6) is 0 Å². The van der Waals surface area contributed by atoms with Crippen LogP contribution in [0.2, 0.25) is 0 Å². The summed E-state index contributed by atoms with van der Waals surface area (Å²) in [5, 5.41) is 9.47. The highest BCUT2D eigenvalue weighted by Crippen LogP contribution is 2.48. The Balaban J connectivity index is 1.16. The smallest absolute Gasteiger partial charge is 0.136 e. The van der Waals surface area contributed by atoms with Gasteiger partial charge in [-0.1, -0.05) is 103 Å². The zero-order valence-corrected chi connectivity index (χ0v) is 30.0. The first-order valence-electron chi connectivity index (χ1n) is 18.3. The number of rotatable bonds is 6. The molecule has 2 heterocycles. The third-order valence-electron chi connectivity index (χ3n) is 10.6. The molecule has 0 saturated carbocycles. The minimum Gasteiger partial charge on any atom is -0.456 e. The zero-order chi connectivity index (χ0) is 35.6. The van der Waals surface area contributed by atoms with Crippen LogP contribution < -0.4 is 9.80 Å². The Kier molecular flexibility index (Phi) is 7.04. The van der Waals surface area contributed by atoms with E-state index in [9.17, 15) is 0 Å². The molecule has 0 fully saturated rings. The number of para-hydroxylation sites is 2. The molecular formula is C50H32N2OS. The van der Waals surface area contributed by atoms with Crippen LogP contribution in [-0.4, -0.2) is 0 Å². The van der Waals surface area contributed by atoms with Gasteiger partial charge >= 0.3 is 0 Å². The average molecular weight is 709 g/mol. The average Bonchev–Trinajstić information content (AvgIpc) is 3.79. The van der Waals surface area contributed by atoms with Crippen molar-refractivity contribution in [1.82, 2.24) is 0 Å². The standard InChI is InChI=1S/C50H32N2OS/c1-3-17-36(18-4-1)51(37-19-5-2-6-20-37)45-23-12-24-49-50(45)43-32-39(26-28-48(43)54-49)52(44-22-11-16-33-13-9-10-21-40(33)44)38-25-27-46-42(31-38)41-29-34-14-7-8-15-35(34)30-47(41)53-46/h1-32H. The predicted molar refractivity (Wildman–Crippen MR) is 231 cm³/mol. The van der Waals surface area contributed by atoms with E-state index in [1.165, 1.54) is 41.7 Å². The Bertz CT molecular complexity index is 3140. The number of furan rings is 1. The Morgan fingerprint density at radius 2 is 0.907 bits per heavy atom. The second kappa shape index (κ2) is 12.4. The van der Waals surface area contributed by atoms with Gasteiger partial charge in [-0.2, -0.15) is 0 Å². The van der Waals surface area contributed by atoms with Gasteiger partial charge in [-0.15, -0.1) is 11.3 Å². The molecule has 0 unspecified atom stereocenters. The summed E-state index contributed by atoms with van der Waals surface area (Å²) in [5.74, 6) is 0. The lowest BCUT2D eigenvalue weighted by atomic mass is 10.0. The van der Waals surface area contributed by atoms with Gasteiger partial charge in [-0.3, -0.25) is 0 Å². The van der Waals surface area contributed by atoms with Crippen LogP contribution >= 0.6 is 11.3 Å². The van der Waals surface area contributed by atoms with Crippen molar-refractivity contribution in [3.63, 3.8) is 0 Å². The molecule has 0 radical (unpaired) electrons. The fourth-order valence-corrected chi connectivity index (χ4v) is 9.23. The van der Waals surface area contributed by atoms with Crippen LogP contribution in [0.3, 0.4) is 0 Å². The molecule has 0 spiro atoms. The van der Waals surface area contributed by atoms with E-state index in [0.29, 0.717) is 0 Å². The Morgan fingerprint density at radius 1 is 0.333 bits per heavy atom. The van der Waals surface area contributed by atoms with Gasteiger partial charge in [0.15, 0.2) is 0 Å². The van der Waals surface area contributed by atoms with Crippen LogP contribution in [0.15, 0.2) is 199 Å². The van der Waals surface area contributed by atoms with E-state index < -0.39 is 0 Å². The molecule has 3 nitrogen and oxygen atoms in total. The number of benzene rings is 9. The molecule has 0 saturated heterocycles. The Labute approximate surface area is 316 Å². The van der Waals surface area contributed by atoms with Crippen molar-refractivity contribution in [2.75, 3.05) is 9.80 Å². The molecule has 0 atom stereocenters. The molecule has 0 aliphatic rings. The quantitative estimate of drug-likeness (QED) is 0.171. The van der Waals surface area contributed by atoms with E-state index in [0.717, 1.165) is 56.1 Å². The first-order valence-corrected chi connectivity index (χ1v) is 19.1. The van der Waals surface area contributed by atoms with Gasteiger partial charge in [0.25, 0.3) is 0 Å². The first kappa shape index (κ1) is 30.7. The summed E-state index contributed by atoms with van der Waals surface area (Å²) >= 11 is 1.85. The summed E-state index contributed by atoms with van der Waals surface area (Å²) in [7, 11) is 0. The molecule has 0 aliphatic carbocycles. The molecule has 11 rings (SSSR count). The maximum absolute atomic E-state index is 6.46. The topological polar surface area (TPSA) is 19.6 Å². The molecule has 2 aromatic heterocycles. The fourth-order valence-electron chi connectivity index (χ4n) is 8.12. The second-order valence-electron chi connectivity index (χ2n) is 13.8. The van der Waals surface area contributed by atoms with Crippen LogP contribution in [0.4, 0.5) is 34.1 Å². The maximum atomic E-state index is 6.46. The molecule has 4 heteroatoms. The van der Waals surface area contributed by atoms with Crippen LogP contribution in [0, 0.1) is 0 Å². The van der Waals surface area contributed by atoms with Crippen molar-refractivity contribution in [1.29, 1.82) is 0 Å². The summed E-state index contributed by atoms with van der Waals surface area (Å²) in [6.45, 7) is 0. The monoisotopic (exact) mass is 708 g/mol. The van der Waals surface area contributed by atoms with Crippen molar-refractivity contribution in [2.45, 2.75) is 0 Å². The summed E-state index contributed by atoms with van der Waals surface area (Å²) in [6.07, 6.45) is 0. The van der Waals surface area contributed by atoms with Crippen molar-refractivity contribution in [3.05, 3.63) is 194 Å². The van der Waals surface area contributed by atoms with Crippen molar-refractivity contribution in [3.8, 4) is 0 Å². The predicted octanol–water partition coefficient (Wildman–Crippen LogP) is 15.2. The van der Waals surface area contributed by atoms with E-state index in [2.05, 4.69) is 204 Å². The van der Waals surface area contributed by atoms with E-state index in [1.807, 2.05) is 11.3 Å². The summed E-state index contributed by atoms with van der Waals surface area (Å²) in [5.41, 5.74) is 8.48. The van der Waals surface area contributed by atoms with Gasteiger partial charge in [0.2, 0.25) is 0 Å². The molecule has 0 bridgehead atoms. The number of thiophene rings is 1. The third-order valence-corrected chi connectivity index (χ3v) is 11.7. The third kappa shape index (κ3) is 4.96. The molecule has 0 amide bonds. The molecule has 254 valence electrons. The van der Waals surface area contributed by atoms with E-state index in [-0.39, 0.29) is 0 Å². The summed E-state index contributed by atoms with van der Waals surface area (Å²) in [6, 6.07) is 69.8. The van der Waals surface area contributed by atoms with Crippen molar-refractivity contribution < 1.29 is 4.42 Å². The van der Waals surface area contributed by atoms with Crippen molar-refractivity contribution in [2.24, 2.45) is 0 Å². The van der Waals surface area contributed by atoms with Gasteiger partial charge in [0, 0.05) is 59.1 Å². The van der Waals surface area contributed by atoms with Crippen LogP contribution in [0.1, 0.15) is 0 Å². The Morgan fingerprint density at radius 3 is 1.69 bits per heavy atom. The second-order valence-corrected chi connectivity index (χ2v) is 14.8. The lowest BCUT2D eigenvalue weighted by Crippen LogP contribution is -2.11. The van der Waals surface area contributed by atoms with E-state index >= 15 is 0 Å². The normalized spacial score (nSPS) is 11.7. The molecule has 0 aliphatic heterocycles.